The zero-order chi connectivity index (χ0) is 19.3. The molecule has 1 aromatic carbocycles. The summed E-state index contributed by atoms with van der Waals surface area (Å²) in [6.07, 6.45) is 0.760. The van der Waals surface area contributed by atoms with Crippen LogP contribution >= 0.6 is 11.8 Å². The largest absolute Gasteiger partial charge is 0.336 e. The standard InChI is InChI=1S/C18H24N4O3S/c1-5-12(4)22-16(24)13-8-6-7-9-14(13)20-18(22)26-10-15(23)21-17(25)19-11(2)3/h6-9,11-12H,5,10H2,1-4H3,(H2,19,21,23,25)/t12-/m0/s1. The second kappa shape index (κ2) is 8.84. The summed E-state index contributed by atoms with van der Waals surface area (Å²) >= 11 is 1.15. The lowest BCUT2D eigenvalue weighted by Gasteiger charge is -2.18. The highest BCUT2D eigenvalue weighted by Gasteiger charge is 2.17. The first-order chi connectivity index (χ1) is 12.3. The van der Waals surface area contributed by atoms with Crippen molar-refractivity contribution >= 4 is 34.6 Å². The van der Waals surface area contributed by atoms with E-state index in [9.17, 15) is 14.4 Å². The first-order valence-corrected chi connectivity index (χ1v) is 9.56. The van der Waals surface area contributed by atoms with Gasteiger partial charge < -0.3 is 5.32 Å². The van der Waals surface area contributed by atoms with Gasteiger partial charge in [-0.2, -0.15) is 0 Å². The average Bonchev–Trinajstić information content (AvgIpc) is 2.58. The van der Waals surface area contributed by atoms with Crippen molar-refractivity contribution in [3.8, 4) is 0 Å². The number of rotatable bonds is 6. The first-order valence-electron chi connectivity index (χ1n) is 8.57. The first kappa shape index (κ1) is 20.0. The number of benzene rings is 1. The lowest BCUT2D eigenvalue weighted by molar-refractivity contribution is -0.117. The molecular formula is C18H24N4O3S. The molecule has 1 aromatic heterocycles. The number of hydrogen-bond acceptors (Lipinski definition) is 5. The van der Waals surface area contributed by atoms with Crippen LogP contribution in [0.15, 0.2) is 34.2 Å². The van der Waals surface area contributed by atoms with E-state index < -0.39 is 11.9 Å². The second-order valence-electron chi connectivity index (χ2n) is 6.31. The Kier molecular flexibility index (Phi) is 6.79. The minimum absolute atomic E-state index is 0.00721. The van der Waals surface area contributed by atoms with Gasteiger partial charge in [0.15, 0.2) is 5.16 Å². The van der Waals surface area contributed by atoms with E-state index in [0.29, 0.717) is 16.1 Å². The summed E-state index contributed by atoms with van der Waals surface area (Å²) in [4.78, 5) is 41.0. The van der Waals surface area contributed by atoms with E-state index in [-0.39, 0.29) is 23.4 Å². The smallest absolute Gasteiger partial charge is 0.321 e. The van der Waals surface area contributed by atoms with Gasteiger partial charge in [0.1, 0.15) is 0 Å². The van der Waals surface area contributed by atoms with Crippen LogP contribution in [0.25, 0.3) is 10.9 Å². The predicted molar refractivity (Wildman–Crippen MR) is 104 cm³/mol. The Balaban J connectivity index is 2.24. The second-order valence-corrected chi connectivity index (χ2v) is 7.25. The third-order valence-electron chi connectivity index (χ3n) is 3.81. The van der Waals surface area contributed by atoms with Crippen LogP contribution < -0.4 is 16.2 Å². The van der Waals surface area contributed by atoms with Crippen molar-refractivity contribution in [3.05, 3.63) is 34.6 Å². The Morgan fingerprint density at radius 1 is 1.23 bits per heavy atom. The topological polar surface area (TPSA) is 93.1 Å². The molecule has 2 aromatic rings. The molecule has 0 aliphatic rings. The van der Waals surface area contributed by atoms with Crippen molar-refractivity contribution in [2.45, 2.75) is 51.4 Å². The van der Waals surface area contributed by atoms with Gasteiger partial charge in [0.2, 0.25) is 5.91 Å². The lowest BCUT2D eigenvalue weighted by atomic mass is 10.2. The molecule has 140 valence electrons. The highest BCUT2D eigenvalue weighted by atomic mass is 32.2. The fraction of sp³-hybridized carbons (Fsp3) is 0.444. The molecule has 0 aliphatic heterocycles. The fourth-order valence-electron chi connectivity index (χ4n) is 2.39. The van der Waals surface area contributed by atoms with Gasteiger partial charge in [0, 0.05) is 12.1 Å². The Morgan fingerprint density at radius 2 is 1.92 bits per heavy atom. The molecule has 26 heavy (non-hydrogen) atoms. The molecule has 0 fully saturated rings. The van der Waals surface area contributed by atoms with Crippen LogP contribution in [0.5, 0.6) is 0 Å². The van der Waals surface area contributed by atoms with Crippen molar-refractivity contribution in [1.29, 1.82) is 0 Å². The van der Waals surface area contributed by atoms with Crippen LogP contribution in [0.1, 0.15) is 40.2 Å². The van der Waals surface area contributed by atoms with E-state index in [1.165, 1.54) is 0 Å². The maximum absolute atomic E-state index is 12.8. The van der Waals surface area contributed by atoms with Crippen LogP contribution in [-0.2, 0) is 4.79 Å². The maximum Gasteiger partial charge on any atom is 0.321 e. The van der Waals surface area contributed by atoms with Crippen LogP contribution in [0, 0.1) is 0 Å². The van der Waals surface area contributed by atoms with Gasteiger partial charge >= 0.3 is 6.03 Å². The summed E-state index contributed by atoms with van der Waals surface area (Å²) in [6.45, 7) is 7.55. The summed E-state index contributed by atoms with van der Waals surface area (Å²) < 4.78 is 1.62. The zero-order valence-corrected chi connectivity index (χ0v) is 16.2. The molecular weight excluding hydrogens is 352 g/mol. The number of para-hydroxylation sites is 1. The highest BCUT2D eigenvalue weighted by molar-refractivity contribution is 7.99. The van der Waals surface area contributed by atoms with E-state index in [4.69, 9.17) is 0 Å². The summed E-state index contributed by atoms with van der Waals surface area (Å²) in [5, 5.41) is 5.89. The number of thioether (sulfide) groups is 1. The summed E-state index contributed by atoms with van der Waals surface area (Å²) in [5.74, 6) is -0.446. The lowest BCUT2D eigenvalue weighted by Crippen LogP contribution is -2.43. The van der Waals surface area contributed by atoms with Crippen LogP contribution in [0.4, 0.5) is 4.79 Å². The SMILES string of the molecule is CC[C@H](C)n1c(SCC(=O)NC(=O)NC(C)C)nc2ccccc2c1=O. The Labute approximate surface area is 156 Å². The number of carbonyl (C=O) groups is 2. The number of imide groups is 1. The third-order valence-corrected chi connectivity index (χ3v) is 4.76. The third kappa shape index (κ3) is 4.85. The van der Waals surface area contributed by atoms with Gasteiger partial charge in [-0.15, -0.1) is 0 Å². The van der Waals surface area contributed by atoms with Crippen molar-refractivity contribution < 1.29 is 9.59 Å². The van der Waals surface area contributed by atoms with Gasteiger partial charge in [0.05, 0.1) is 16.7 Å². The number of fused-ring (bicyclic) bond motifs is 1. The highest BCUT2D eigenvalue weighted by Crippen LogP contribution is 2.22. The maximum atomic E-state index is 12.8. The summed E-state index contributed by atoms with van der Waals surface area (Å²) in [7, 11) is 0. The van der Waals surface area contributed by atoms with Crippen molar-refractivity contribution in [3.63, 3.8) is 0 Å². The number of aromatic nitrogens is 2. The predicted octanol–water partition coefficient (Wildman–Crippen LogP) is 2.69. The van der Waals surface area contributed by atoms with Gasteiger partial charge in [-0.3, -0.25) is 19.5 Å². The number of nitrogens with zero attached hydrogens (tertiary/aromatic N) is 2. The van der Waals surface area contributed by atoms with Crippen LogP contribution in [0.2, 0.25) is 0 Å². The van der Waals surface area contributed by atoms with E-state index in [1.807, 2.05) is 33.8 Å². The number of hydrogen-bond donors (Lipinski definition) is 2. The monoisotopic (exact) mass is 376 g/mol. The number of nitrogens with one attached hydrogen (secondary N) is 2. The molecule has 7 nitrogen and oxygen atoms in total. The molecule has 0 unspecified atom stereocenters. The van der Waals surface area contributed by atoms with Crippen molar-refractivity contribution in [2.75, 3.05) is 5.75 Å². The molecule has 2 N–H and O–H groups in total. The Hall–Kier alpha value is -2.35. The van der Waals surface area contributed by atoms with Crippen LogP contribution in [-0.4, -0.2) is 33.3 Å². The summed E-state index contributed by atoms with van der Waals surface area (Å²) in [6, 6.07) is 6.51. The molecule has 0 spiro atoms. The molecule has 0 bridgehead atoms. The molecule has 0 saturated heterocycles. The normalized spacial score (nSPS) is 12.2. The van der Waals surface area contributed by atoms with E-state index >= 15 is 0 Å². The molecule has 1 atom stereocenters. The molecule has 0 radical (unpaired) electrons. The summed E-state index contributed by atoms with van der Waals surface area (Å²) in [5.41, 5.74) is 0.475. The average molecular weight is 376 g/mol. The zero-order valence-electron chi connectivity index (χ0n) is 15.4. The van der Waals surface area contributed by atoms with Crippen molar-refractivity contribution in [1.82, 2.24) is 20.2 Å². The van der Waals surface area contributed by atoms with Gasteiger partial charge in [-0.25, -0.2) is 9.78 Å². The molecule has 3 amide bonds. The number of urea groups is 1. The quantitative estimate of drug-likeness (QED) is 0.597. The minimum atomic E-state index is -0.531. The van der Waals surface area contributed by atoms with Gasteiger partial charge in [-0.05, 0) is 39.3 Å². The van der Waals surface area contributed by atoms with E-state index in [1.54, 1.807) is 22.8 Å². The number of carbonyl (C=O) groups excluding carboxylic acids is 2. The van der Waals surface area contributed by atoms with E-state index in [0.717, 1.165) is 18.2 Å². The molecule has 0 saturated carbocycles. The minimum Gasteiger partial charge on any atom is -0.336 e. The Morgan fingerprint density at radius 3 is 2.58 bits per heavy atom. The number of amides is 3. The van der Waals surface area contributed by atoms with Gasteiger partial charge in [0.25, 0.3) is 5.56 Å². The fourth-order valence-corrected chi connectivity index (χ4v) is 3.29. The van der Waals surface area contributed by atoms with Crippen LogP contribution in [0.3, 0.4) is 0 Å². The van der Waals surface area contributed by atoms with Gasteiger partial charge in [-0.1, -0.05) is 30.8 Å². The molecule has 2 rings (SSSR count). The van der Waals surface area contributed by atoms with Crippen molar-refractivity contribution in [2.24, 2.45) is 0 Å². The Bertz CT molecular complexity index is 863. The molecule has 8 heteroatoms. The van der Waals surface area contributed by atoms with E-state index in [2.05, 4.69) is 15.6 Å². The molecule has 0 aliphatic carbocycles. The molecule has 1 heterocycles.